The molecule has 118 valence electrons. The van der Waals surface area contributed by atoms with Gasteiger partial charge in [0, 0.05) is 12.1 Å². The summed E-state index contributed by atoms with van der Waals surface area (Å²) in [5.74, 6) is -2.47. The van der Waals surface area contributed by atoms with E-state index in [1.165, 1.54) is 6.92 Å². The number of hydrogen-bond donors (Lipinski definition) is 3. The number of nitrogens with one attached hydrogen (secondary N) is 1. The van der Waals surface area contributed by atoms with Gasteiger partial charge in [-0.25, -0.2) is 4.79 Å². The van der Waals surface area contributed by atoms with Crippen LogP contribution in [0.2, 0.25) is 0 Å². The van der Waals surface area contributed by atoms with Crippen LogP contribution in [0.15, 0.2) is 15.0 Å². The molecule has 0 aliphatic carbocycles. The number of carboxylic acids is 1. The number of nitrogens with zero attached hydrogens (tertiary/aromatic N) is 6. The number of H-pyrrole nitrogens is 1. The Morgan fingerprint density at radius 3 is 2.70 bits per heavy atom. The summed E-state index contributed by atoms with van der Waals surface area (Å²) in [5, 5.41) is 40.6. The predicted molar refractivity (Wildman–Crippen MR) is 75.0 cm³/mol. The summed E-state index contributed by atoms with van der Waals surface area (Å²) in [6.45, 7) is 3.19. The number of nitriles is 1. The highest BCUT2D eigenvalue weighted by atomic mass is 16.4. The molecule has 2 rings (SSSR count). The fourth-order valence-corrected chi connectivity index (χ4v) is 1.84. The van der Waals surface area contributed by atoms with E-state index in [-0.39, 0.29) is 29.3 Å². The summed E-state index contributed by atoms with van der Waals surface area (Å²) in [5.41, 5.74) is -0.749. The fraction of sp³-hybridized carbons (Fsp3) is 0.250. The summed E-state index contributed by atoms with van der Waals surface area (Å²) in [6.07, 6.45) is 0. The largest absolute Gasteiger partial charge is 0.493 e. The van der Waals surface area contributed by atoms with Crippen molar-refractivity contribution in [3.05, 3.63) is 27.3 Å². The maximum atomic E-state index is 12.2. The van der Waals surface area contributed by atoms with E-state index in [0.717, 1.165) is 4.57 Å². The van der Waals surface area contributed by atoms with Crippen LogP contribution >= 0.6 is 0 Å². The molecule has 0 amide bonds. The fourth-order valence-electron chi connectivity index (χ4n) is 1.84. The zero-order valence-electron chi connectivity index (χ0n) is 12.1. The van der Waals surface area contributed by atoms with Crippen molar-refractivity contribution in [1.82, 2.24) is 19.7 Å². The second kappa shape index (κ2) is 6.06. The van der Waals surface area contributed by atoms with Gasteiger partial charge in [0.2, 0.25) is 11.7 Å². The molecule has 0 fully saturated rings. The summed E-state index contributed by atoms with van der Waals surface area (Å²) in [7, 11) is 0. The van der Waals surface area contributed by atoms with E-state index in [1.807, 2.05) is 0 Å². The third-order valence-corrected chi connectivity index (χ3v) is 3.00. The molecule has 0 aromatic carbocycles. The third kappa shape index (κ3) is 2.77. The maximum absolute atomic E-state index is 12.2. The van der Waals surface area contributed by atoms with Gasteiger partial charge in [0.05, 0.1) is 0 Å². The number of azo groups is 1. The van der Waals surface area contributed by atoms with Crippen LogP contribution in [0.4, 0.5) is 11.6 Å². The van der Waals surface area contributed by atoms with Crippen LogP contribution in [0.25, 0.3) is 0 Å². The van der Waals surface area contributed by atoms with E-state index in [0.29, 0.717) is 0 Å². The van der Waals surface area contributed by atoms with Gasteiger partial charge in [-0.05, 0) is 13.8 Å². The van der Waals surface area contributed by atoms with Gasteiger partial charge in [-0.1, -0.05) is 0 Å². The molecule has 2 aromatic rings. The van der Waals surface area contributed by atoms with Gasteiger partial charge in [-0.15, -0.1) is 15.3 Å². The number of aromatic nitrogens is 4. The van der Waals surface area contributed by atoms with E-state index in [9.17, 15) is 14.7 Å². The molecule has 0 bridgehead atoms. The van der Waals surface area contributed by atoms with Crippen molar-refractivity contribution in [2.45, 2.75) is 20.4 Å². The number of carbonyl (C=O) groups is 1. The van der Waals surface area contributed by atoms with Crippen molar-refractivity contribution in [2.24, 2.45) is 10.2 Å². The minimum absolute atomic E-state index is 0.0957. The molecule has 11 heteroatoms. The topological polar surface area (TPSA) is 170 Å². The molecule has 0 saturated heterocycles. The Morgan fingerprint density at radius 1 is 1.48 bits per heavy atom. The van der Waals surface area contributed by atoms with Crippen molar-refractivity contribution >= 4 is 17.6 Å². The van der Waals surface area contributed by atoms with Gasteiger partial charge in [0.1, 0.15) is 11.6 Å². The van der Waals surface area contributed by atoms with E-state index in [4.69, 9.17) is 10.4 Å². The zero-order valence-corrected chi connectivity index (χ0v) is 12.1. The standard InChI is InChI=1S/C12H11N7O4/c1-3-19-9(20)6(4-13)5(2)7(10(19)21)15-17-12-14-8(11(22)23)16-18-12/h20H,3H2,1-2H3,(H,22,23)(H,14,16,18). The van der Waals surface area contributed by atoms with E-state index < -0.39 is 23.2 Å². The molecule has 2 aromatic heterocycles. The first-order valence-electron chi connectivity index (χ1n) is 6.34. The lowest BCUT2D eigenvalue weighted by Crippen LogP contribution is -2.20. The lowest BCUT2D eigenvalue weighted by atomic mass is 10.1. The molecule has 11 nitrogen and oxygen atoms in total. The van der Waals surface area contributed by atoms with Gasteiger partial charge >= 0.3 is 5.97 Å². The van der Waals surface area contributed by atoms with Crippen molar-refractivity contribution < 1.29 is 15.0 Å². The average Bonchev–Trinajstić information content (AvgIpc) is 2.97. The molecular weight excluding hydrogens is 306 g/mol. The number of carboxylic acid groups (broad SMARTS) is 1. The van der Waals surface area contributed by atoms with E-state index in [2.05, 4.69) is 25.4 Å². The van der Waals surface area contributed by atoms with Gasteiger partial charge in [0.25, 0.3) is 11.5 Å². The first kappa shape index (κ1) is 15.8. The highest BCUT2D eigenvalue weighted by Gasteiger charge is 2.18. The van der Waals surface area contributed by atoms with Gasteiger partial charge in [-0.2, -0.15) is 10.2 Å². The third-order valence-electron chi connectivity index (χ3n) is 3.00. The van der Waals surface area contributed by atoms with Crippen molar-refractivity contribution in [1.29, 1.82) is 5.26 Å². The highest BCUT2D eigenvalue weighted by Crippen LogP contribution is 2.26. The lowest BCUT2D eigenvalue weighted by molar-refractivity contribution is 0.0684. The summed E-state index contributed by atoms with van der Waals surface area (Å²) < 4.78 is 0.973. The van der Waals surface area contributed by atoms with E-state index >= 15 is 0 Å². The molecule has 0 radical (unpaired) electrons. The Bertz CT molecular complexity index is 903. The minimum atomic E-state index is -1.32. The van der Waals surface area contributed by atoms with Crippen LogP contribution in [-0.2, 0) is 6.54 Å². The van der Waals surface area contributed by atoms with Crippen molar-refractivity contribution in [2.75, 3.05) is 0 Å². The lowest BCUT2D eigenvalue weighted by Gasteiger charge is -2.10. The van der Waals surface area contributed by atoms with Crippen LogP contribution in [0.5, 0.6) is 5.88 Å². The number of aromatic amines is 1. The van der Waals surface area contributed by atoms with Crippen molar-refractivity contribution in [3.8, 4) is 11.9 Å². The monoisotopic (exact) mass is 317 g/mol. The van der Waals surface area contributed by atoms with Crippen LogP contribution in [0, 0.1) is 18.3 Å². The molecule has 3 N–H and O–H groups in total. The van der Waals surface area contributed by atoms with Crippen LogP contribution < -0.4 is 5.56 Å². The van der Waals surface area contributed by atoms with Gasteiger partial charge < -0.3 is 10.2 Å². The van der Waals surface area contributed by atoms with Crippen LogP contribution in [-0.4, -0.2) is 35.9 Å². The molecular formula is C12H11N7O4. The first-order chi connectivity index (χ1) is 10.9. The highest BCUT2D eigenvalue weighted by molar-refractivity contribution is 5.83. The Kier molecular flexibility index (Phi) is 4.17. The van der Waals surface area contributed by atoms with Crippen molar-refractivity contribution in [3.63, 3.8) is 0 Å². The van der Waals surface area contributed by atoms with Gasteiger partial charge in [0.15, 0.2) is 5.69 Å². The molecule has 0 unspecified atom stereocenters. The number of pyridine rings is 1. The Hall–Kier alpha value is -3.55. The molecule has 2 heterocycles. The Morgan fingerprint density at radius 2 is 2.17 bits per heavy atom. The quantitative estimate of drug-likeness (QED) is 0.705. The molecule has 0 aliphatic rings. The molecule has 0 aliphatic heterocycles. The molecule has 0 spiro atoms. The number of hydrogen-bond acceptors (Lipinski definition) is 8. The molecule has 0 atom stereocenters. The predicted octanol–water partition coefficient (Wildman–Crippen LogP) is 0.986. The van der Waals surface area contributed by atoms with Crippen LogP contribution in [0.1, 0.15) is 28.7 Å². The summed E-state index contributed by atoms with van der Waals surface area (Å²) >= 11 is 0. The number of rotatable bonds is 4. The SMILES string of the molecule is CCn1c(O)c(C#N)c(C)c(N=Nc2n[nH]c(C(=O)O)n2)c1=O. The Labute approximate surface area is 128 Å². The number of aromatic hydroxyl groups is 1. The second-order valence-corrected chi connectivity index (χ2v) is 4.32. The Balaban J connectivity index is 2.55. The maximum Gasteiger partial charge on any atom is 0.373 e. The smallest absolute Gasteiger partial charge is 0.373 e. The molecule has 0 saturated carbocycles. The minimum Gasteiger partial charge on any atom is -0.493 e. The van der Waals surface area contributed by atoms with E-state index in [1.54, 1.807) is 13.0 Å². The second-order valence-electron chi connectivity index (χ2n) is 4.32. The van der Waals surface area contributed by atoms with Gasteiger partial charge in [-0.3, -0.25) is 14.5 Å². The zero-order chi connectivity index (χ0) is 17.1. The molecule has 23 heavy (non-hydrogen) atoms. The average molecular weight is 317 g/mol. The van der Waals surface area contributed by atoms with Crippen LogP contribution in [0.3, 0.4) is 0 Å². The first-order valence-corrected chi connectivity index (χ1v) is 6.34. The summed E-state index contributed by atoms with van der Waals surface area (Å²) in [4.78, 5) is 26.5. The summed E-state index contributed by atoms with van der Waals surface area (Å²) in [6, 6.07) is 1.80. The number of aromatic carboxylic acids is 1. The normalized spacial score (nSPS) is 10.8.